The molecule has 23 heavy (non-hydrogen) atoms. The molecule has 1 fully saturated rings. The Hall–Kier alpha value is -2.08. The maximum Gasteiger partial charge on any atom is 0.159 e. The van der Waals surface area contributed by atoms with Gasteiger partial charge in [0.1, 0.15) is 12.1 Å². The van der Waals surface area contributed by atoms with E-state index < -0.39 is 11.6 Å². The number of nitrogens with one attached hydrogen (secondary N) is 1. The van der Waals surface area contributed by atoms with Crippen LogP contribution in [0.3, 0.4) is 0 Å². The fourth-order valence-electron chi connectivity index (χ4n) is 2.87. The van der Waals surface area contributed by atoms with E-state index in [0.717, 1.165) is 43.0 Å². The number of anilines is 1. The Balaban J connectivity index is 1.51. The number of aryl methyl sites for hydroxylation is 1. The maximum atomic E-state index is 13.3. The number of hydrogen-bond donors (Lipinski definition) is 1. The molecule has 1 aliphatic rings. The molecule has 0 unspecified atom stereocenters. The Bertz CT molecular complexity index is 669. The third kappa shape index (κ3) is 4.22. The third-order valence-electron chi connectivity index (χ3n) is 4.13. The molecule has 3 rings (SSSR count). The van der Waals surface area contributed by atoms with Crippen molar-refractivity contribution in [3.05, 3.63) is 53.5 Å². The summed E-state index contributed by atoms with van der Waals surface area (Å²) in [6.07, 6.45) is 3.55. The van der Waals surface area contributed by atoms with E-state index in [9.17, 15) is 8.78 Å². The molecule has 0 saturated carbocycles. The minimum Gasteiger partial charge on any atom is -0.367 e. The first-order valence-corrected chi connectivity index (χ1v) is 7.81. The van der Waals surface area contributed by atoms with Gasteiger partial charge < -0.3 is 5.32 Å². The van der Waals surface area contributed by atoms with Crippen LogP contribution in [0.5, 0.6) is 0 Å². The predicted octanol–water partition coefficient (Wildman–Crippen LogP) is 3.14. The highest BCUT2D eigenvalue weighted by Crippen LogP contribution is 2.18. The third-order valence-corrected chi connectivity index (χ3v) is 4.13. The molecular formula is C17H20F2N4. The van der Waals surface area contributed by atoms with Crippen molar-refractivity contribution in [2.45, 2.75) is 32.4 Å². The van der Waals surface area contributed by atoms with Crippen LogP contribution in [0.25, 0.3) is 0 Å². The van der Waals surface area contributed by atoms with E-state index in [4.69, 9.17) is 0 Å². The highest BCUT2D eigenvalue weighted by Gasteiger charge is 2.19. The lowest BCUT2D eigenvalue weighted by molar-refractivity contribution is 0.211. The van der Waals surface area contributed by atoms with E-state index in [1.54, 1.807) is 12.4 Å². The molecule has 122 valence electrons. The van der Waals surface area contributed by atoms with Crippen molar-refractivity contribution < 1.29 is 8.78 Å². The molecule has 0 aliphatic carbocycles. The van der Waals surface area contributed by atoms with Gasteiger partial charge in [0.25, 0.3) is 0 Å². The molecule has 4 nitrogen and oxygen atoms in total. The van der Waals surface area contributed by atoms with Gasteiger partial charge in [-0.05, 0) is 37.5 Å². The summed E-state index contributed by atoms with van der Waals surface area (Å²) in [5.74, 6) is -0.716. The Morgan fingerprint density at radius 1 is 1.13 bits per heavy atom. The smallest absolute Gasteiger partial charge is 0.159 e. The van der Waals surface area contributed by atoms with Crippen LogP contribution >= 0.6 is 0 Å². The summed E-state index contributed by atoms with van der Waals surface area (Å²) in [6, 6.07) is 6.44. The lowest BCUT2D eigenvalue weighted by atomic mass is 10.0. The summed E-state index contributed by atoms with van der Waals surface area (Å²) in [5.41, 5.74) is 1.75. The van der Waals surface area contributed by atoms with Crippen LogP contribution in [0, 0.1) is 18.6 Å². The van der Waals surface area contributed by atoms with Gasteiger partial charge in [-0.25, -0.2) is 18.7 Å². The number of likely N-dealkylation sites (tertiary alicyclic amines) is 1. The average Bonchev–Trinajstić information content (AvgIpc) is 2.53. The number of benzene rings is 1. The summed E-state index contributed by atoms with van der Waals surface area (Å²) in [4.78, 5) is 10.6. The van der Waals surface area contributed by atoms with Crippen LogP contribution in [0.2, 0.25) is 0 Å². The van der Waals surface area contributed by atoms with Crippen LogP contribution in [-0.2, 0) is 6.54 Å². The van der Waals surface area contributed by atoms with Gasteiger partial charge in [-0.15, -0.1) is 0 Å². The Kier molecular flexibility index (Phi) is 4.81. The minimum absolute atomic E-state index is 0.380. The molecule has 1 aromatic heterocycles. The number of hydrogen-bond acceptors (Lipinski definition) is 4. The SMILES string of the molecule is Cc1cc(NC2CCN(Cc3ccc(F)c(F)c3)CC2)ncn1. The summed E-state index contributed by atoms with van der Waals surface area (Å²) in [5, 5.41) is 3.44. The van der Waals surface area contributed by atoms with Crippen LogP contribution in [-0.4, -0.2) is 34.0 Å². The standard InChI is InChI=1S/C17H20F2N4/c1-12-8-17(21-11-20-12)22-14-4-6-23(7-5-14)10-13-2-3-15(18)16(19)9-13/h2-3,8-9,11,14H,4-7,10H2,1H3,(H,20,21,22). The van der Waals surface area contributed by atoms with E-state index in [-0.39, 0.29) is 0 Å². The number of aromatic nitrogens is 2. The molecule has 0 bridgehead atoms. The highest BCUT2D eigenvalue weighted by molar-refractivity contribution is 5.35. The van der Waals surface area contributed by atoms with Gasteiger partial charge >= 0.3 is 0 Å². The fraction of sp³-hybridized carbons (Fsp3) is 0.412. The number of rotatable bonds is 4. The van der Waals surface area contributed by atoms with E-state index in [2.05, 4.69) is 20.2 Å². The zero-order valence-electron chi connectivity index (χ0n) is 13.1. The van der Waals surface area contributed by atoms with Crippen molar-refractivity contribution in [1.82, 2.24) is 14.9 Å². The van der Waals surface area contributed by atoms with Gasteiger partial charge in [-0.3, -0.25) is 4.90 Å². The average molecular weight is 318 g/mol. The van der Waals surface area contributed by atoms with Gasteiger partial charge in [0.15, 0.2) is 11.6 Å². The van der Waals surface area contributed by atoms with Crippen molar-refractivity contribution in [2.75, 3.05) is 18.4 Å². The summed E-state index contributed by atoms with van der Waals surface area (Å²) in [7, 11) is 0. The van der Waals surface area contributed by atoms with E-state index in [0.29, 0.717) is 12.6 Å². The maximum absolute atomic E-state index is 13.3. The summed E-state index contributed by atoms with van der Waals surface area (Å²) >= 11 is 0. The molecule has 1 aromatic carbocycles. The second-order valence-corrected chi connectivity index (χ2v) is 5.99. The van der Waals surface area contributed by atoms with Crippen molar-refractivity contribution in [3.8, 4) is 0 Å². The van der Waals surface area contributed by atoms with Gasteiger partial charge in [-0.1, -0.05) is 6.07 Å². The summed E-state index contributed by atoms with van der Waals surface area (Å²) < 4.78 is 26.2. The minimum atomic E-state index is -0.795. The van der Waals surface area contributed by atoms with E-state index in [1.165, 1.54) is 12.1 Å². The normalized spacial score (nSPS) is 16.5. The second-order valence-electron chi connectivity index (χ2n) is 5.99. The largest absolute Gasteiger partial charge is 0.367 e. The second kappa shape index (κ2) is 7.00. The monoisotopic (exact) mass is 318 g/mol. The van der Waals surface area contributed by atoms with Gasteiger partial charge in [0.2, 0.25) is 0 Å². The molecule has 2 aromatic rings. The molecule has 0 atom stereocenters. The molecule has 1 N–H and O–H groups in total. The topological polar surface area (TPSA) is 41.0 Å². The van der Waals surface area contributed by atoms with Gasteiger partial charge in [0.05, 0.1) is 0 Å². The van der Waals surface area contributed by atoms with Crippen molar-refractivity contribution in [1.29, 1.82) is 0 Å². The first kappa shape index (κ1) is 15.8. The molecule has 1 aliphatic heterocycles. The van der Waals surface area contributed by atoms with Crippen molar-refractivity contribution in [3.63, 3.8) is 0 Å². The molecular weight excluding hydrogens is 298 g/mol. The Morgan fingerprint density at radius 3 is 2.61 bits per heavy atom. The first-order chi connectivity index (χ1) is 11.1. The van der Waals surface area contributed by atoms with Crippen LogP contribution in [0.4, 0.5) is 14.6 Å². The highest BCUT2D eigenvalue weighted by atomic mass is 19.2. The molecule has 0 spiro atoms. The van der Waals surface area contributed by atoms with Gasteiger partial charge in [-0.2, -0.15) is 0 Å². The zero-order chi connectivity index (χ0) is 16.2. The van der Waals surface area contributed by atoms with Gasteiger partial charge in [0, 0.05) is 37.4 Å². The first-order valence-electron chi connectivity index (χ1n) is 7.81. The quantitative estimate of drug-likeness (QED) is 0.940. The fourth-order valence-corrected chi connectivity index (χ4v) is 2.87. The van der Waals surface area contributed by atoms with Crippen molar-refractivity contribution in [2.24, 2.45) is 0 Å². The molecule has 1 saturated heterocycles. The van der Waals surface area contributed by atoms with Crippen LogP contribution in [0.1, 0.15) is 24.1 Å². The number of halogens is 2. The van der Waals surface area contributed by atoms with Crippen LogP contribution in [0.15, 0.2) is 30.6 Å². The Labute approximate surface area is 134 Å². The molecule has 0 amide bonds. The van der Waals surface area contributed by atoms with E-state index >= 15 is 0 Å². The van der Waals surface area contributed by atoms with Crippen LogP contribution < -0.4 is 5.32 Å². The Morgan fingerprint density at radius 2 is 1.91 bits per heavy atom. The zero-order valence-corrected chi connectivity index (χ0v) is 13.1. The predicted molar refractivity (Wildman–Crippen MR) is 85.0 cm³/mol. The van der Waals surface area contributed by atoms with Crippen molar-refractivity contribution >= 4 is 5.82 Å². The molecule has 2 heterocycles. The summed E-state index contributed by atoms with van der Waals surface area (Å²) in [6.45, 7) is 4.43. The lowest BCUT2D eigenvalue weighted by Gasteiger charge is -2.32. The van der Waals surface area contributed by atoms with E-state index in [1.807, 2.05) is 13.0 Å². The number of nitrogens with zero attached hydrogens (tertiary/aromatic N) is 3. The molecule has 6 heteroatoms. The number of piperidine rings is 1. The lowest BCUT2D eigenvalue weighted by Crippen LogP contribution is -2.38. The molecule has 0 radical (unpaired) electrons.